The molecule has 5 heteroatoms. The van der Waals surface area contributed by atoms with Gasteiger partial charge >= 0.3 is 0 Å². The lowest BCUT2D eigenvalue weighted by atomic mass is 10.1. The first kappa shape index (κ1) is 23.6. The molecule has 1 aliphatic rings. The molecule has 1 fully saturated rings. The largest absolute Gasteiger partial charge is 0.481 e. The minimum absolute atomic E-state index is 0.0248. The van der Waals surface area contributed by atoms with Gasteiger partial charge in [0.1, 0.15) is 5.75 Å². The van der Waals surface area contributed by atoms with Crippen molar-refractivity contribution < 1.29 is 14.3 Å². The maximum Gasteiger partial charge on any atom is 0.265 e. The maximum absolute atomic E-state index is 13.2. The Morgan fingerprint density at radius 1 is 0.824 bits per heavy atom. The Morgan fingerprint density at radius 2 is 1.44 bits per heavy atom. The predicted molar refractivity (Wildman–Crippen MR) is 136 cm³/mol. The van der Waals surface area contributed by atoms with Gasteiger partial charge in [-0.25, -0.2) is 0 Å². The summed E-state index contributed by atoms with van der Waals surface area (Å²) in [5, 5.41) is 2.94. The number of carbonyl (C=O) groups is 2. The number of benzene rings is 3. The number of rotatable bonds is 7. The van der Waals surface area contributed by atoms with Gasteiger partial charge in [0.25, 0.3) is 11.8 Å². The molecule has 1 heterocycles. The van der Waals surface area contributed by atoms with Crippen molar-refractivity contribution in [3.63, 3.8) is 0 Å². The van der Waals surface area contributed by atoms with E-state index in [0.29, 0.717) is 23.4 Å². The van der Waals surface area contributed by atoms with Crippen molar-refractivity contribution in [2.75, 3.05) is 18.4 Å². The van der Waals surface area contributed by atoms with Gasteiger partial charge in [-0.3, -0.25) is 9.59 Å². The van der Waals surface area contributed by atoms with Crippen LogP contribution in [-0.4, -0.2) is 35.9 Å². The number of likely N-dealkylation sites (tertiary alicyclic amines) is 1. The topological polar surface area (TPSA) is 58.6 Å². The molecule has 1 atom stereocenters. The molecule has 3 aromatic carbocycles. The van der Waals surface area contributed by atoms with Crippen molar-refractivity contribution in [2.45, 2.75) is 45.1 Å². The molecule has 2 amide bonds. The first-order valence-corrected chi connectivity index (χ1v) is 12.2. The van der Waals surface area contributed by atoms with Crippen molar-refractivity contribution in [3.05, 3.63) is 84.4 Å². The van der Waals surface area contributed by atoms with Crippen LogP contribution in [0.1, 0.15) is 49.4 Å². The fourth-order valence-electron chi connectivity index (χ4n) is 4.28. The number of hydrogen-bond donors (Lipinski definition) is 1. The molecule has 1 unspecified atom stereocenters. The Bertz CT molecular complexity index is 1090. The Kier molecular flexibility index (Phi) is 7.97. The quantitative estimate of drug-likeness (QED) is 0.463. The fourth-order valence-corrected chi connectivity index (χ4v) is 4.28. The maximum atomic E-state index is 13.2. The molecule has 0 aromatic heterocycles. The molecule has 176 valence electrons. The molecule has 1 saturated heterocycles. The van der Waals surface area contributed by atoms with E-state index in [0.717, 1.165) is 49.9 Å². The highest BCUT2D eigenvalue weighted by Crippen LogP contribution is 2.24. The summed E-state index contributed by atoms with van der Waals surface area (Å²) < 4.78 is 6.01. The van der Waals surface area contributed by atoms with Crippen molar-refractivity contribution in [1.29, 1.82) is 0 Å². The van der Waals surface area contributed by atoms with E-state index >= 15 is 0 Å². The van der Waals surface area contributed by atoms with Crippen LogP contribution in [-0.2, 0) is 4.79 Å². The van der Waals surface area contributed by atoms with Gasteiger partial charge in [-0.1, -0.05) is 74.4 Å². The summed E-state index contributed by atoms with van der Waals surface area (Å²) in [5.41, 5.74) is 3.28. The summed E-state index contributed by atoms with van der Waals surface area (Å²) in [6.45, 7) is 3.44. The standard InChI is InChI=1S/C29H32N2O3/c1-2-27(34-24-18-16-23(17-19-24)22-12-6-5-7-13-22)28(32)30-26-15-9-8-14-25(26)29(33)31-20-10-3-4-11-21-31/h5-9,12-19,27H,2-4,10-11,20-21H2,1H3,(H,30,32). The second-order valence-corrected chi connectivity index (χ2v) is 8.65. The Balaban J connectivity index is 1.44. The highest BCUT2D eigenvalue weighted by molar-refractivity contribution is 6.04. The van der Waals surface area contributed by atoms with E-state index < -0.39 is 6.10 Å². The minimum atomic E-state index is -0.663. The number of nitrogens with zero attached hydrogens (tertiary/aromatic N) is 1. The summed E-state index contributed by atoms with van der Waals surface area (Å²) >= 11 is 0. The lowest BCUT2D eigenvalue weighted by Crippen LogP contribution is -2.35. The van der Waals surface area contributed by atoms with Crippen LogP contribution >= 0.6 is 0 Å². The third-order valence-electron chi connectivity index (χ3n) is 6.21. The van der Waals surface area contributed by atoms with E-state index in [2.05, 4.69) is 17.4 Å². The zero-order valence-corrected chi connectivity index (χ0v) is 19.7. The highest BCUT2D eigenvalue weighted by Gasteiger charge is 2.23. The molecule has 0 aliphatic carbocycles. The van der Waals surface area contributed by atoms with E-state index in [9.17, 15) is 9.59 Å². The van der Waals surface area contributed by atoms with Gasteiger partial charge in [0.15, 0.2) is 6.10 Å². The van der Waals surface area contributed by atoms with E-state index in [1.165, 1.54) is 0 Å². The number of ether oxygens (including phenoxy) is 1. The van der Waals surface area contributed by atoms with Crippen molar-refractivity contribution in [3.8, 4) is 16.9 Å². The van der Waals surface area contributed by atoms with Crippen LogP contribution in [0.5, 0.6) is 5.75 Å². The zero-order chi connectivity index (χ0) is 23.8. The lowest BCUT2D eigenvalue weighted by molar-refractivity contribution is -0.122. The van der Waals surface area contributed by atoms with Gasteiger partial charge in [-0.2, -0.15) is 0 Å². The molecule has 0 bridgehead atoms. The van der Waals surface area contributed by atoms with Crippen LogP contribution < -0.4 is 10.1 Å². The van der Waals surface area contributed by atoms with Crippen molar-refractivity contribution in [2.24, 2.45) is 0 Å². The number of hydrogen-bond acceptors (Lipinski definition) is 3. The first-order valence-electron chi connectivity index (χ1n) is 12.2. The van der Waals surface area contributed by atoms with Crippen molar-refractivity contribution in [1.82, 2.24) is 4.90 Å². The smallest absolute Gasteiger partial charge is 0.265 e. The SMILES string of the molecule is CCC(Oc1ccc(-c2ccccc2)cc1)C(=O)Nc1ccccc1C(=O)N1CCCCCC1. The van der Waals surface area contributed by atoms with Crippen LogP contribution in [0, 0.1) is 0 Å². The average Bonchev–Trinajstić information content (AvgIpc) is 3.18. The van der Waals surface area contributed by atoms with Crippen LogP contribution in [0.25, 0.3) is 11.1 Å². The molecular formula is C29H32N2O3. The number of carbonyl (C=O) groups excluding carboxylic acids is 2. The van der Waals surface area contributed by atoms with Gasteiger partial charge in [0.05, 0.1) is 11.3 Å². The summed E-state index contributed by atoms with van der Waals surface area (Å²) in [7, 11) is 0. The van der Waals surface area contributed by atoms with Crippen LogP contribution in [0.3, 0.4) is 0 Å². The predicted octanol–water partition coefficient (Wildman–Crippen LogP) is 6.17. The van der Waals surface area contributed by atoms with Gasteiger partial charge in [-0.15, -0.1) is 0 Å². The van der Waals surface area contributed by atoms with Crippen LogP contribution in [0.2, 0.25) is 0 Å². The van der Waals surface area contributed by atoms with Gasteiger partial charge in [0, 0.05) is 13.1 Å². The van der Waals surface area contributed by atoms with Crippen LogP contribution in [0.15, 0.2) is 78.9 Å². The first-order chi connectivity index (χ1) is 16.7. The molecular weight excluding hydrogens is 424 g/mol. The second kappa shape index (κ2) is 11.5. The molecule has 0 radical (unpaired) electrons. The summed E-state index contributed by atoms with van der Waals surface area (Å²) in [6.07, 6.45) is 4.20. The third kappa shape index (κ3) is 5.84. The average molecular weight is 457 g/mol. The van der Waals surface area contributed by atoms with Crippen molar-refractivity contribution >= 4 is 17.5 Å². The molecule has 4 rings (SSSR count). The Labute approximate surface area is 201 Å². The van der Waals surface area contributed by atoms with E-state index in [-0.39, 0.29) is 11.8 Å². The Morgan fingerprint density at radius 3 is 2.12 bits per heavy atom. The minimum Gasteiger partial charge on any atom is -0.481 e. The van der Waals surface area contributed by atoms with E-state index in [1.807, 2.05) is 66.4 Å². The number of amides is 2. The monoisotopic (exact) mass is 456 g/mol. The summed E-state index contributed by atoms with van der Waals surface area (Å²) in [5.74, 6) is 0.352. The summed E-state index contributed by atoms with van der Waals surface area (Å²) in [4.78, 5) is 28.2. The lowest BCUT2D eigenvalue weighted by Gasteiger charge is -2.23. The van der Waals surface area contributed by atoms with Gasteiger partial charge < -0.3 is 15.0 Å². The normalized spacial score (nSPS) is 14.7. The second-order valence-electron chi connectivity index (χ2n) is 8.65. The molecule has 1 aliphatic heterocycles. The molecule has 0 spiro atoms. The molecule has 0 saturated carbocycles. The molecule has 5 nitrogen and oxygen atoms in total. The fraction of sp³-hybridized carbons (Fsp3) is 0.310. The summed E-state index contributed by atoms with van der Waals surface area (Å²) in [6, 6.07) is 25.1. The van der Waals surface area contributed by atoms with Gasteiger partial charge in [0.2, 0.25) is 0 Å². The third-order valence-corrected chi connectivity index (χ3v) is 6.21. The van der Waals surface area contributed by atoms with E-state index in [1.54, 1.807) is 12.1 Å². The number of nitrogens with one attached hydrogen (secondary N) is 1. The number of anilines is 1. The molecule has 34 heavy (non-hydrogen) atoms. The van der Waals surface area contributed by atoms with E-state index in [4.69, 9.17) is 4.74 Å². The van der Waals surface area contributed by atoms with Gasteiger partial charge in [-0.05, 0) is 54.7 Å². The van der Waals surface area contributed by atoms with Crippen LogP contribution in [0.4, 0.5) is 5.69 Å². The zero-order valence-electron chi connectivity index (χ0n) is 19.7. The molecule has 1 N–H and O–H groups in total. The highest BCUT2D eigenvalue weighted by atomic mass is 16.5. The Hall–Kier alpha value is -3.60. The molecule has 3 aromatic rings. The number of para-hydroxylation sites is 1.